The summed E-state index contributed by atoms with van der Waals surface area (Å²) in [5.41, 5.74) is -0.279. The predicted octanol–water partition coefficient (Wildman–Crippen LogP) is 8.52. The van der Waals surface area contributed by atoms with E-state index in [1.54, 1.807) is 24.3 Å². The maximum Gasteiger partial charge on any atom is 0.416 e. The number of aromatic carboxylic acids is 1. The van der Waals surface area contributed by atoms with E-state index in [2.05, 4.69) is 9.97 Å². The highest BCUT2D eigenvalue weighted by Crippen LogP contribution is 2.44. The highest BCUT2D eigenvalue weighted by molar-refractivity contribution is 7.98. The number of carboxylic acid groups (broad SMARTS) is 1. The second-order valence-corrected chi connectivity index (χ2v) is 10.4. The summed E-state index contributed by atoms with van der Waals surface area (Å²) < 4.78 is 80.7. The number of aromatic nitrogens is 2. The molecule has 2 aromatic carbocycles. The molecule has 2 aromatic heterocycles. The van der Waals surface area contributed by atoms with Crippen LogP contribution >= 0.6 is 23.1 Å². The molecule has 0 amide bonds. The molecule has 0 fully saturated rings. The zero-order chi connectivity index (χ0) is 27.8. The van der Waals surface area contributed by atoms with E-state index in [4.69, 9.17) is 0 Å². The van der Waals surface area contributed by atoms with Gasteiger partial charge in [0.1, 0.15) is 0 Å². The molecule has 4 nitrogen and oxygen atoms in total. The minimum absolute atomic E-state index is 0.0396. The fourth-order valence-electron chi connectivity index (χ4n) is 3.68. The van der Waals surface area contributed by atoms with E-state index in [1.807, 2.05) is 13.8 Å². The molecule has 0 radical (unpaired) electrons. The van der Waals surface area contributed by atoms with Crippen LogP contribution in [0.15, 0.2) is 59.8 Å². The third-order valence-electron chi connectivity index (χ3n) is 5.39. The van der Waals surface area contributed by atoms with Gasteiger partial charge in [0, 0.05) is 26.9 Å². The van der Waals surface area contributed by atoms with Crippen molar-refractivity contribution in [2.45, 2.75) is 37.1 Å². The first kappa shape index (κ1) is 27.6. The number of hydrogen-bond donors (Lipinski definition) is 1. The van der Waals surface area contributed by atoms with Crippen molar-refractivity contribution in [3.63, 3.8) is 0 Å². The predicted molar refractivity (Wildman–Crippen MR) is 133 cm³/mol. The van der Waals surface area contributed by atoms with E-state index in [0.717, 1.165) is 22.7 Å². The molecular formula is C26H18F6N2O2S2. The van der Waals surface area contributed by atoms with E-state index in [0.29, 0.717) is 33.3 Å². The summed E-state index contributed by atoms with van der Waals surface area (Å²) in [5, 5.41) is 9.67. The van der Waals surface area contributed by atoms with Gasteiger partial charge in [-0.1, -0.05) is 23.9 Å². The molecule has 0 saturated heterocycles. The molecule has 198 valence electrons. The lowest BCUT2D eigenvalue weighted by Gasteiger charge is -2.13. The van der Waals surface area contributed by atoms with Gasteiger partial charge >= 0.3 is 18.3 Å². The highest BCUT2D eigenvalue weighted by Gasteiger charge is 2.37. The van der Waals surface area contributed by atoms with Crippen LogP contribution in [0.1, 0.15) is 38.4 Å². The number of nitrogens with zero attached hydrogens (tertiary/aromatic N) is 2. The fraction of sp³-hybridized carbons (Fsp3) is 0.192. The summed E-state index contributed by atoms with van der Waals surface area (Å²) in [5.74, 6) is -0.852. The minimum atomic E-state index is -4.97. The molecule has 0 bridgehead atoms. The van der Waals surface area contributed by atoms with Crippen LogP contribution in [0.25, 0.3) is 20.9 Å². The largest absolute Gasteiger partial charge is 0.478 e. The van der Waals surface area contributed by atoms with E-state index in [-0.39, 0.29) is 27.8 Å². The van der Waals surface area contributed by atoms with Crippen molar-refractivity contribution in [2.75, 3.05) is 0 Å². The molecule has 0 spiro atoms. The van der Waals surface area contributed by atoms with Crippen molar-refractivity contribution < 1.29 is 36.2 Å². The van der Waals surface area contributed by atoms with Gasteiger partial charge in [-0.15, -0.1) is 11.3 Å². The SMILES string of the molecule is Cc1cc(C)nc(SCc2cc(-c3cc(C(F)(F)F)cc(C(F)(F)F)c3)sc2-c2ccc(C(=O)O)cc2)n1. The smallest absolute Gasteiger partial charge is 0.416 e. The number of benzene rings is 2. The molecule has 0 aliphatic rings. The molecule has 12 heteroatoms. The Morgan fingerprint density at radius 3 is 1.89 bits per heavy atom. The average molecular weight is 569 g/mol. The average Bonchev–Trinajstić information content (AvgIpc) is 3.25. The first-order valence-electron chi connectivity index (χ1n) is 10.9. The second kappa shape index (κ2) is 10.4. The van der Waals surface area contributed by atoms with Crippen molar-refractivity contribution >= 4 is 29.1 Å². The first-order chi connectivity index (χ1) is 17.7. The Morgan fingerprint density at radius 2 is 1.39 bits per heavy atom. The van der Waals surface area contributed by atoms with Crippen LogP contribution in [-0.4, -0.2) is 21.0 Å². The van der Waals surface area contributed by atoms with E-state index < -0.39 is 29.4 Å². The third-order valence-corrected chi connectivity index (χ3v) is 7.57. The van der Waals surface area contributed by atoms with Crippen LogP contribution in [0, 0.1) is 13.8 Å². The Balaban J connectivity index is 1.82. The van der Waals surface area contributed by atoms with Crippen LogP contribution in [0.2, 0.25) is 0 Å². The zero-order valence-corrected chi connectivity index (χ0v) is 21.4. The van der Waals surface area contributed by atoms with Gasteiger partial charge in [-0.2, -0.15) is 26.3 Å². The first-order valence-corrected chi connectivity index (χ1v) is 12.7. The number of rotatable bonds is 6. The summed E-state index contributed by atoms with van der Waals surface area (Å²) >= 11 is 2.30. The lowest BCUT2D eigenvalue weighted by atomic mass is 10.0. The number of thioether (sulfide) groups is 1. The van der Waals surface area contributed by atoms with Crippen molar-refractivity contribution in [1.29, 1.82) is 0 Å². The van der Waals surface area contributed by atoms with Gasteiger partial charge < -0.3 is 5.11 Å². The Labute approximate surface area is 221 Å². The van der Waals surface area contributed by atoms with Crippen molar-refractivity contribution in [3.8, 4) is 20.9 Å². The Hall–Kier alpha value is -3.38. The van der Waals surface area contributed by atoms with Gasteiger partial charge in [0.15, 0.2) is 5.16 Å². The van der Waals surface area contributed by atoms with Crippen molar-refractivity contribution in [3.05, 3.63) is 88.2 Å². The fourth-order valence-corrected chi connectivity index (χ4v) is 5.88. The van der Waals surface area contributed by atoms with Gasteiger partial charge in [-0.25, -0.2) is 14.8 Å². The van der Waals surface area contributed by atoms with Gasteiger partial charge in [-0.05, 0) is 73.0 Å². The third kappa shape index (κ3) is 6.36. The van der Waals surface area contributed by atoms with E-state index in [1.165, 1.54) is 23.9 Å². The lowest BCUT2D eigenvalue weighted by Crippen LogP contribution is -2.10. The summed E-state index contributed by atoms with van der Waals surface area (Å²) in [6.07, 6.45) is -9.94. The number of thiophene rings is 1. The van der Waals surface area contributed by atoms with Gasteiger partial charge in [0.25, 0.3) is 0 Å². The Kier molecular flexibility index (Phi) is 7.57. The lowest BCUT2D eigenvalue weighted by molar-refractivity contribution is -0.143. The van der Waals surface area contributed by atoms with Crippen LogP contribution in [0.5, 0.6) is 0 Å². The molecule has 0 unspecified atom stereocenters. The quantitative estimate of drug-likeness (QED) is 0.144. The number of alkyl halides is 6. The molecule has 38 heavy (non-hydrogen) atoms. The van der Waals surface area contributed by atoms with Crippen LogP contribution < -0.4 is 0 Å². The summed E-state index contributed by atoms with van der Waals surface area (Å²) in [7, 11) is 0. The second-order valence-electron chi connectivity index (χ2n) is 8.36. The molecule has 2 heterocycles. The maximum absolute atomic E-state index is 13.4. The number of halogens is 6. The van der Waals surface area contributed by atoms with Crippen molar-refractivity contribution in [1.82, 2.24) is 9.97 Å². The molecule has 4 rings (SSSR count). The summed E-state index contributed by atoms with van der Waals surface area (Å²) in [4.78, 5) is 20.8. The van der Waals surface area contributed by atoms with Gasteiger partial charge in [0.05, 0.1) is 16.7 Å². The monoisotopic (exact) mass is 568 g/mol. The minimum Gasteiger partial charge on any atom is -0.478 e. The van der Waals surface area contributed by atoms with Crippen LogP contribution in [-0.2, 0) is 18.1 Å². The number of aryl methyl sites for hydroxylation is 2. The number of carboxylic acids is 1. The van der Waals surface area contributed by atoms with E-state index in [9.17, 15) is 36.2 Å². The van der Waals surface area contributed by atoms with Gasteiger partial charge in [-0.3, -0.25) is 0 Å². The molecule has 0 atom stereocenters. The molecule has 0 aliphatic heterocycles. The van der Waals surface area contributed by atoms with Crippen molar-refractivity contribution in [2.24, 2.45) is 0 Å². The molecule has 0 saturated carbocycles. The summed E-state index contributed by atoms with van der Waals surface area (Å²) in [6, 6.07) is 10.7. The Bertz CT molecular complexity index is 1440. The topological polar surface area (TPSA) is 63.1 Å². The number of hydrogen-bond acceptors (Lipinski definition) is 5. The van der Waals surface area contributed by atoms with Gasteiger partial charge in [0.2, 0.25) is 0 Å². The van der Waals surface area contributed by atoms with Crippen LogP contribution in [0.4, 0.5) is 26.3 Å². The zero-order valence-electron chi connectivity index (χ0n) is 19.7. The maximum atomic E-state index is 13.4. The van der Waals surface area contributed by atoms with Crippen LogP contribution in [0.3, 0.4) is 0 Å². The molecular weight excluding hydrogens is 550 g/mol. The normalized spacial score (nSPS) is 12.1. The number of carbonyl (C=O) groups is 1. The highest BCUT2D eigenvalue weighted by atomic mass is 32.2. The molecule has 4 aromatic rings. The molecule has 0 aliphatic carbocycles. The summed E-state index contributed by atoms with van der Waals surface area (Å²) in [6.45, 7) is 3.62. The molecule has 1 N–H and O–H groups in total. The Morgan fingerprint density at radius 1 is 0.842 bits per heavy atom. The standard InChI is InChI=1S/C26H18F6N2O2S2/c1-13-7-14(2)34-24(33-13)37-12-18-10-21(38-22(18)15-3-5-16(6-4-15)23(35)36)17-8-19(25(27,28)29)11-20(9-17)26(30,31)32/h3-11H,12H2,1-2H3,(H,35,36). The van der Waals surface area contributed by atoms with E-state index >= 15 is 0 Å².